The van der Waals surface area contributed by atoms with E-state index in [2.05, 4.69) is 10.6 Å². The lowest BCUT2D eigenvalue weighted by atomic mass is 10.2. The SMILES string of the molecule is O=C(COC(=O)CCCNC(=O)c1ccsc1)Nc1cc([N+](=O)[O-])ccc1F. The van der Waals surface area contributed by atoms with Crippen LogP contribution >= 0.6 is 11.3 Å². The van der Waals surface area contributed by atoms with Crippen molar-refractivity contribution < 1.29 is 28.4 Å². The summed E-state index contributed by atoms with van der Waals surface area (Å²) in [6.07, 6.45) is 0.290. The van der Waals surface area contributed by atoms with E-state index in [-0.39, 0.29) is 24.6 Å². The van der Waals surface area contributed by atoms with Gasteiger partial charge in [0.05, 0.1) is 10.6 Å². The van der Waals surface area contributed by atoms with Crippen LogP contribution < -0.4 is 10.6 Å². The number of halogens is 1. The Morgan fingerprint density at radius 2 is 2.04 bits per heavy atom. The van der Waals surface area contributed by atoms with Crippen LogP contribution in [0.2, 0.25) is 0 Å². The number of carbonyl (C=O) groups is 3. The van der Waals surface area contributed by atoms with Crippen LogP contribution in [-0.4, -0.2) is 35.9 Å². The molecule has 0 unspecified atom stereocenters. The van der Waals surface area contributed by atoms with Crippen LogP contribution in [0.5, 0.6) is 0 Å². The number of amides is 2. The van der Waals surface area contributed by atoms with E-state index in [0.717, 1.165) is 18.2 Å². The van der Waals surface area contributed by atoms with Crippen molar-refractivity contribution in [3.63, 3.8) is 0 Å². The maximum Gasteiger partial charge on any atom is 0.306 e. The second kappa shape index (κ2) is 10.1. The third-order valence-corrected chi connectivity index (χ3v) is 4.11. The fourth-order valence-corrected chi connectivity index (χ4v) is 2.69. The number of nitrogens with zero attached hydrogens (tertiary/aromatic N) is 1. The average Bonchev–Trinajstić information content (AvgIpc) is 3.20. The molecule has 11 heteroatoms. The highest BCUT2D eigenvalue weighted by Crippen LogP contribution is 2.21. The highest BCUT2D eigenvalue weighted by molar-refractivity contribution is 7.08. The minimum Gasteiger partial charge on any atom is -0.456 e. The summed E-state index contributed by atoms with van der Waals surface area (Å²) < 4.78 is 18.3. The van der Waals surface area contributed by atoms with Gasteiger partial charge < -0.3 is 15.4 Å². The number of non-ortho nitro benzene ring substituents is 1. The van der Waals surface area contributed by atoms with Gasteiger partial charge in [0, 0.05) is 36.0 Å². The molecule has 2 N–H and O–H groups in total. The van der Waals surface area contributed by atoms with Gasteiger partial charge in [-0.1, -0.05) is 0 Å². The highest BCUT2D eigenvalue weighted by atomic mass is 32.1. The molecule has 0 aliphatic rings. The van der Waals surface area contributed by atoms with Gasteiger partial charge in [0.25, 0.3) is 17.5 Å². The largest absolute Gasteiger partial charge is 0.456 e. The molecule has 2 amide bonds. The van der Waals surface area contributed by atoms with Crippen molar-refractivity contribution in [2.75, 3.05) is 18.5 Å². The Morgan fingerprint density at radius 3 is 2.71 bits per heavy atom. The Morgan fingerprint density at radius 1 is 1.25 bits per heavy atom. The molecule has 0 saturated carbocycles. The molecule has 0 bridgehead atoms. The molecule has 2 rings (SSSR count). The van der Waals surface area contributed by atoms with Crippen LogP contribution in [-0.2, 0) is 14.3 Å². The number of esters is 1. The molecule has 28 heavy (non-hydrogen) atoms. The van der Waals surface area contributed by atoms with E-state index in [4.69, 9.17) is 4.74 Å². The minimum absolute atomic E-state index is 0.0254. The molecule has 0 atom stereocenters. The van der Waals surface area contributed by atoms with Gasteiger partial charge in [0.15, 0.2) is 6.61 Å². The molecule has 0 aliphatic carbocycles. The predicted molar refractivity (Wildman–Crippen MR) is 98.5 cm³/mol. The van der Waals surface area contributed by atoms with Crippen LogP contribution in [0.4, 0.5) is 15.8 Å². The van der Waals surface area contributed by atoms with E-state index in [1.54, 1.807) is 16.8 Å². The van der Waals surface area contributed by atoms with Gasteiger partial charge in [-0.05, 0) is 23.9 Å². The number of hydrogen-bond acceptors (Lipinski definition) is 7. The number of anilines is 1. The van der Waals surface area contributed by atoms with Gasteiger partial charge in [-0.15, -0.1) is 0 Å². The maximum atomic E-state index is 13.6. The molecule has 0 saturated heterocycles. The molecule has 148 valence electrons. The molecule has 0 radical (unpaired) electrons. The number of benzene rings is 1. The number of thiophene rings is 1. The molecule has 1 aromatic carbocycles. The summed E-state index contributed by atoms with van der Waals surface area (Å²) in [4.78, 5) is 45.0. The quantitative estimate of drug-likeness (QED) is 0.283. The standard InChI is InChI=1S/C17H16FN3O6S/c18-13-4-3-12(21(25)26)8-14(13)20-15(22)9-27-16(23)2-1-6-19-17(24)11-5-7-28-10-11/h3-5,7-8,10H,1-2,6,9H2,(H,19,24)(H,20,22). The predicted octanol–water partition coefficient (Wildman–Crippen LogP) is 2.49. The molecule has 2 aromatic rings. The van der Waals surface area contributed by atoms with Crippen molar-refractivity contribution in [1.82, 2.24) is 5.32 Å². The van der Waals surface area contributed by atoms with Gasteiger partial charge in [-0.2, -0.15) is 11.3 Å². The van der Waals surface area contributed by atoms with Gasteiger partial charge >= 0.3 is 5.97 Å². The lowest BCUT2D eigenvalue weighted by Gasteiger charge is -2.08. The molecule has 1 heterocycles. The summed E-state index contributed by atoms with van der Waals surface area (Å²) in [5.74, 6) is -2.60. The second-order valence-electron chi connectivity index (χ2n) is 5.50. The number of ether oxygens (including phenoxy) is 1. The summed E-state index contributed by atoms with van der Waals surface area (Å²) in [5.41, 5.74) is -0.234. The highest BCUT2D eigenvalue weighted by Gasteiger charge is 2.14. The average molecular weight is 409 g/mol. The Balaban J connectivity index is 1.68. The fourth-order valence-electron chi connectivity index (χ4n) is 2.06. The number of nitro groups is 1. The van der Waals surface area contributed by atoms with E-state index in [0.29, 0.717) is 12.0 Å². The molecular formula is C17H16FN3O6S. The van der Waals surface area contributed by atoms with Gasteiger partial charge in [-0.25, -0.2) is 4.39 Å². The third kappa shape index (κ3) is 6.43. The zero-order chi connectivity index (χ0) is 20.5. The topological polar surface area (TPSA) is 128 Å². The van der Waals surface area contributed by atoms with Gasteiger partial charge in [0.2, 0.25) is 0 Å². The molecule has 1 aromatic heterocycles. The van der Waals surface area contributed by atoms with Crippen molar-refractivity contribution in [2.24, 2.45) is 0 Å². The number of hydrogen-bond donors (Lipinski definition) is 2. The minimum atomic E-state index is -0.855. The summed E-state index contributed by atoms with van der Waals surface area (Å²) in [6, 6.07) is 4.36. The van der Waals surface area contributed by atoms with Gasteiger partial charge in [0.1, 0.15) is 5.82 Å². The Labute approximate surface area is 162 Å². The summed E-state index contributed by atoms with van der Waals surface area (Å²) >= 11 is 1.40. The van der Waals surface area contributed by atoms with Crippen molar-refractivity contribution in [3.05, 3.63) is 56.5 Å². The van der Waals surface area contributed by atoms with E-state index >= 15 is 0 Å². The number of nitrogens with one attached hydrogen (secondary N) is 2. The zero-order valence-electron chi connectivity index (χ0n) is 14.5. The Kier molecular flexibility index (Phi) is 7.57. The number of rotatable bonds is 9. The molecular weight excluding hydrogens is 393 g/mol. The lowest BCUT2D eigenvalue weighted by molar-refractivity contribution is -0.384. The maximum absolute atomic E-state index is 13.6. The van der Waals surface area contributed by atoms with Crippen molar-refractivity contribution >= 4 is 40.5 Å². The number of nitro benzene ring substituents is 1. The summed E-state index contributed by atoms with van der Waals surface area (Å²) in [5, 5.41) is 18.9. The third-order valence-electron chi connectivity index (χ3n) is 3.43. The first-order valence-corrected chi connectivity index (χ1v) is 9.01. The first-order chi connectivity index (χ1) is 13.4. The van der Waals surface area contributed by atoms with E-state index < -0.39 is 34.9 Å². The zero-order valence-corrected chi connectivity index (χ0v) is 15.3. The Hall–Kier alpha value is -3.34. The van der Waals surface area contributed by atoms with Crippen molar-refractivity contribution in [2.45, 2.75) is 12.8 Å². The van der Waals surface area contributed by atoms with Crippen LogP contribution in [0.15, 0.2) is 35.0 Å². The monoisotopic (exact) mass is 409 g/mol. The Bertz CT molecular complexity index is 872. The van der Waals surface area contributed by atoms with Crippen molar-refractivity contribution in [3.8, 4) is 0 Å². The molecule has 9 nitrogen and oxygen atoms in total. The van der Waals surface area contributed by atoms with E-state index in [1.165, 1.54) is 11.3 Å². The van der Waals surface area contributed by atoms with Crippen LogP contribution in [0, 0.1) is 15.9 Å². The second-order valence-corrected chi connectivity index (χ2v) is 6.28. The first kappa shape index (κ1) is 21.0. The van der Waals surface area contributed by atoms with E-state index in [9.17, 15) is 28.9 Å². The summed E-state index contributed by atoms with van der Waals surface area (Å²) in [6.45, 7) is -0.406. The van der Waals surface area contributed by atoms with Crippen LogP contribution in [0.25, 0.3) is 0 Å². The van der Waals surface area contributed by atoms with Gasteiger partial charge in [-0.3, -0.25) is 24.5 Å². The smallest absolute Gasteiger partial charge is 0.306 e. The molecule has 0 fully saturated rings. The molecule has 0 aliphatic heterocycles. The van der Waals surface area contributed by atoms with Crippen LogP contribution in [0.3, 0.4) is 0 Å². The lowest BCUT2D eigenvalue weighted by Crippen LogP contribution is -2.25. The normalized spacial score (nSPS) is 10.2. The fraction of sp³-hybridized carbons (Fsp3) is 0.235. The summed E-state index contributed by atoms with van der Waals surface area (Å²) in [7, 11) is 0. The first-order valence-electron chi connectivity index (χ1n) is 8.06. The van der Waals surface area contributed by atoms with E-state index in [1.807, 2.05) is 0 Å². The van der Waals surface area contributed by atoms with Crippen molar-refractivity contribution in [1.29, 1.82) is 0 Å². The number of carbonyl (C=O) groups excluding carboxylic acids is 3. The molecule has 0 spiro atoms. The van der Waals surface area contributed by atoms with Crippen LogP contribution in [0.1, 0.15) is 23.2 Å².